The van der Waals surface area contributed by atoms with Crippen LogP contribution in [0.4, 0.5) is 0 Å². The van der Waals surface area contributed by atoms with E-state index in [0.29, 0.717) is 12.5 Å². The van der Waals surface area contributed by atoms with Gasteiger partial charge in [-0.05, 0) is 33.2 Å². The first-order chi connectivity index (χ1) is 14.6. The van der Waals surface area contributed by atoms with Crippen molar-refractivity contribution in [2.75, 3.05) is 45.8 Å². The van der Waals surface area contributed by atoms with E-state index >= 15 is 0 Å². The number of amides is 2. The highest BCUT2D eigenvalue weighted by molar-refractivity contribution is 5.90. The molecule has 1 aromatic heterocycles. The van der Waals surface area contributed by atoms with Crippen LogP contribution in [0.15, 0.2) is 12.4 Å². The lowest BCUT2D eigenvalue weighted by Gasteiger charge is -2.38. The number of rotatable bonds is 7. The Morgan fingerprint density at radius 3 is 2.42 bits per heavy atom. The lowest BCUT2D eigenvalue weighted by molar-refractivity contribution is -0.133. The van der Waals surface area contributed by atoms with Crippen LogP contribution < -0.4 is 5.32 Å². The molecule has 3 rings (SSSR count). The highest BCUT2D eigenvalue weighted by atomic mass is 16.2. The van der Waals surface area contributed by atoms with Gasteiger partial charge in [-0.15, -0.1) is 0 Å². The molecule has 31 heavy (non-hydrogen) atoms. The minimum Gasteiger partial charge on any atom is -0.355 e. The Kier molecular flexibility index (Phi) is 7.42. The maximum absolute atomic E-state index is 13.2. The van der Waals surface area contributed by atoms with Crippen molar-refractivity contribution in [2.45, 2.75) is 52.6 Å². The fraction of sp³-hybridized carbons (Fsp3) is 0.783. The van der Waals surface area contributed by atoms with Crippen molar-refractivity contribution in [3.8, 4) is 0 Å². The SMILES string of the molecule is CCN1CCN(C[C@H](C)CNC(=O)[C@@H]2CC(=O)N(C(C)(C)C)[C@H]2c2cnn(C)c2)CC1. The summed E-state index contributed by atoms with van der Waals surface area (Å²) < 4.78 is 1.73. The minimum absolute atomic E-state index is 0.0309. The summed E-state index contributed by atoms with van der Waals surface area (Å²) in [6.07, 6.45) is 3.94. The number of aromatic nitrogens is 2. The Hall–Kier alpha value is -1.93. The summed E-state index contributed by atoms with van der Waals surface area (Å²) in [5.74, 6) is -0.0269. The Labute approximate surface area is 186 Å². The van der Waals surface area contributed by atoms with Gasteiger partial charge in [0.05, 0.1) is 18.2 Å². The number of piperazine rings is 1. The van der Waals surface area contributed by atoms with E-state index in [-0.39, 0.29) is 29.8 Å². The molecule has 1 aromatic rings. The molecule has 0 aliphatic carbocycles. The second-order valence-corrected chi connectivity index (χ2v) is 10.2. The number of nitrogens with zero attached hydrogens (tertiary/aromatic N) is 5. The third kappa shape index (κ3) is 5.66. The maximum atomic E-state index is 13.2. The first-order valence-electron chi connectivity index (χ1n) is 11.6. The van der Waals surface area contributed by atoms with Crippen molar-refractivity contribution in [1.82, 2.24) is 29.8 Å². The van der Waals surface area contributed by atoms with Crippen LogP contribution in [0.2, 0.25) is 0 Å². The van der Waals surface area contributed by atoms with Gasteiger partial charge in [-0.3, -0.25) is 14.3 Å². The topological polar surface area (TPSA) is 73.7 Å². The lowest BCUT2D eigenvalue weighted by Crippen LogP contribution is -2.48. The largest absolute Gasteiger partial charge is 0.355 e. The molecule has 3 heterocycles. The number of carbonyl (C=O) groups excluding carboxylic acids is 2. The number of nitrogens with one attached hydrogen (secondary N) is 1. The van der Waals surface area contributed by atoms with Gasteiger partial charge < -0.3 is 20.0 Å². The van der Waals surface area contributed by atoms with Gasteiger partial charge in [0, 0.05) is 70.0 Å². The Balaban J connectivity index is 1.61. The fourth-order valence-corrected chi connectivity index (χ4v) is 4.93. The zero-order valence-electron chi connectivity index (χ0n) is 20.1. The molecular formula is C23H40N6O2. The van der Waals surface area contributed by atoms with E-state index in [1.54, 1.807) is 10.9 Å². The summed E-state index contributed by atoms with van der Waals surface area (Å²) in [7, 11) is 1.86. The Morgan fingerprint density at radius 1 is 1.23 bits per heavy atom. The standard InChI is InChI=1S/C23H40N6O2/c1-7-27-8-10-28(11-9-27)15-17(2)13-24-22(31)19-12-20(30)29(23(3,4)5)21(19)18-14-25-26(6)16-18/h14,16-17,19,21H,7-13,15H2,1-6H3,(H,24,31)/t17-,19-,21+/m1/s1. The van der Waals surface area contributed by atoms with Gasteiger partial charge >= 0.3 is 0 Å². The number of hydrogen-bond donors (Lipinski definition) is 1. The van der Waals surface area contributed by atoms with Gasteiger partial charge in [0.2, 0.25) is 11.8 Å². The maximum Gasteiger partial charge on any atom is 0.226 e. The molecule has 3 atom stereocenters. The zero-order valence-corrected chi connectivity index (χ0v) is 20.1. The molecule has 2 amide bonds. The normalized spacial score (nSPS) is 24.6. The predicted octanol–water partition coefficient (Wildman–Crippen LogP) is 1.50. The van der Waals surface area contributed by atoms with Crippen LogP contribution in [0.5, 0.6) is 0 Å². The van der Waals surface area contributed by atoms with Crippen LogP contribution in [-0.2, 0) is 16.6 Å². The lowest BCUT2D eigenvalue weighted by atomic mass is 9.92. The number of likely N-dealkylation sites (N-methyl/N-ethyl adjacent to an activating group) is 1. The summed E-state index contributed by atoms with van der Waals surface area (Å²) in [6, 6.07) is -0.279. The molecule has 2 fully saturated rings. The highest BCUT2D eigenvalue weighted by Gasteiger charge is 2.48. The monoisotopic (exact) mass is 432 g/mol. The smallest absolute Gasteiger partial charge is 0.226 e. The Morgan fingerprint density at radius 2 is 1.87 bits per heavy atom. The Bertz CT molecular complexity index is 762. The fourth-order valence-electron chi connectivity index (χ4n) is 4.93. The molecule has 8 heteroatoms. The number of hydrogen-bond acceptors (Lipinski definition) is 5. The minimum atomic E-state index is -0.392. The van der Waals surface area contributed by atoms with Crippen LogP contribution in [-0.4, -0.2) is 87.6 Å². The van der Waals surface area contributed by atoms with Gasteiger partial charge in [-0.2, -0.15) is 5.10 Å². The van der Waals surface area contributed by atoms with Crippen molar-refractivity contribution >= 4 is 11.8 Å². The van der Waals surface area contributed by atoms with E-state index in [4.69, 9.17) is 0 Å². The molecule has 0 saturated carbocycles. The van der Waals surface area contributed by atoms with Crippen LogP contribution in [0.3, 0.4) is 0 Å². The quantitative estimate of drug-likeness (QED) is 0.707. The van der Waals surface area contributed by atoms with Gasteiger partial charge in [0.15, 0.2) is 0 Å². The van der Waals surface area contributed by atoms with E-state index < -0.39 is 5.92 Å². The molecular weight excluding hydrogens is 392 g/mol. The third-order valence-corrected chi connectivity index (χ3v) is 6.56. The molecule has 174 valence electrons. The highest BCUT2D eigenvalue weighted by Crippen LogP contribution is 2.42. The van der Waals surface area contributed by atoms with Gasteiger partial charge in [-0.25, -0.2) is 0 Å². The molecule has 8 nitrogen and oxygen atoms in total. The van der Waals surface area contributed by atoms with Crippen molar-refractivity contribution in [1.29, 1.82) is 0 Å². The van der Waals surface area contributed by atoms with Crippen LogP contribution >= 0.6 is 0 Å². The molecule has 2 aliphatic rings. The number of likely N-dealkylation sites (tertiary alicyclic amines) is 1. The molecule has 0 bridgehead atoms. The van der Waals surface area contributed by atoms with Crippen LogP contribution in [0.1, 0.15) is 52.6 Å². The summed E-state index contributed by atoms with van der Waals surface area (Å²) in [4.78, 5) is 32.9. The molecule has 0 aromatic carbocycles. The van der Waals surface area contributed by atoms with Gasteiger partial charge in [0.1, 0.15) is 0 Å². The summed E-state index contributed by atoms with van der Waals surface area (Å²) in [5.41, 5.74) is 0.561. The average molecular weight is 433 g/mol. The average Bonchev–Trinajstić information content (AvgIpc) is 3.29. The van der Waals surface area contributed by atoms with Gasteiger partial charge in [-0.1, -0.05) is 13.8 Å². The van der Waals surface area contributed by atoms with Gasteiger partial charge in [0.25, 0.3) is 0 Å². The van der Waals surface area contributed by atoms with Crippen molar-refractivity contribution < 1.29 is 9.59 Å². The molecule has 2 aliphatic heterocycles. The first-order valence-corrected chi connectivity index (χ1v) is 11.6. The zero-order chi connectivity index (χ0) is 22.8. The summed E-state index contributed by atoms with van der Waals surface area (Å²) in [5, 5.41) is 7.44. The van der Waals surface area contributed by atoms with Crippen molar-refractivity contribution in [3.63, 3.8) is 0 Å². The van der Waals surface area contributed by atoms with Crippen LogP contribution in [0.25, 0.3) is 0 Å². The summed E-state index contributed by atoms with van der Waals surface area (Å²) in [6.45, 7) is 17.6. The summed E-state index contributed by atoms with van der Waals surface area (Å²) >= 11 is 0. The van der Waals surface area contributed by atoms with E-state index in [0.717, 1.165) is 44.8 Å². The second kappa shape index (κ2) is 9.69. The molecule has 0 spiro atoms. The first kappa shape index (κ1) is 23.7. The number of carbonyl (C=O) groups is 2. The van der Waals surface area contributed by atoms with E-state index in [1.165, 1.54) is 0 Å². The van der Waals surface area contributed by atoms with Crippen LogP contribution in [0, 0.1) is 11.8 Å². The van der Waals surface area contributed by atoms with E-state index in [2.05, 4.69) is 34.1 Å². The van der Waals surface area contributed by atoms with Crippen molar-refractivity contribution in [2.24, 2.45) is 18.9 Å². The van der Waals surface area contributed by atoms with Crippen molar-refractivity contribution in [3.05, 3.63) is 18.0 Å². The van der Waals surface area contributed by atoms with E-state index in [1.807, 2.05) is 38.9 Å². The third-order valence-electron chi connectivity index (χ3n) is 6.56. The predicted molar refractivity (Wildman–Crippen MR) is 121 cm³/mol. The van der Waals surface area contributed by atoms with E-state index in [9.17, 15) is 9.59 Å². The molecule has 0 radical (unpaired) electrons. The second-order valence-electron chi connectivity index (χ2n) is 10.2. The molecule has 0 unspecified atom stereocenters. The molecule has 1 N–H and O–H groups in total. The number of aryl methyl sites for hydroxylation is 1. The molecule has 2 saturated heterocycles.